The maximum absolute atomic E-state index is 12.2. The van der Waals surface area contributed by atoms with Gasteiger partial charge in [0, 0.05) is 22.8 Å². The molecule has 0 saturated carbocycles. The number of nitrogens with one attached hydrogen (secondary N) is 1. The van der Waals surface area contributed by atoms with E-state index in [0.717, 1.165) is 10.4 Å². The summed E-state index contributed by atoms with van der Waals surface area (Å²) in [6.45, 7) is 2.22. The average Bonchev–Trinajstić information content (AvgIpc) is 2.88. The maximum Gasteiger partial charge on any atom is 0.241 e. The van der Waals surface area contributed by atoms with Crippen molar-refractivity contribution in [3.05, 3.63) is 52.2 Å². The lowest BCUT2D eigenvalue weighted by Gasteiger charge is -2.13. The molecule has 0 saturated heterocycles. The number of hydrogen-bond donors (Lipinski definition) is 2. The molecule has 6 heteroatoms. The Morgan fingerprint density at radius 3 is 2.60 bits per heavy atom. The van der Waals surface area contributed by atoms with E-state index in [1.54, 1.807) is 11.4 Å². The molecule has 0 amide bonds. The van der Waals surface area contributed by atoms with Gasteiger partial charge in [-0.3, -0.25) is 0 Å². The number of nitrogens with two attached hydrogens (primary N) is 1. The fourth-order valence-electron chi connectivity index (χ4n) is 1.95. The van der Waals surface area contributed by atoms with Crippen molar-refractivity contribution in [3.8, 4) is 0 Å². The monoisotopic (exact) mass is 310 g/mol. The van der Waals surface area contributed by atoms with Crippen molar-refractivity contribution in [1.29, 1.82) is 0 Å². The molecule has 0 aliphatic heterocycles. The Balaban J connectivity index is 2.04. The quantitative estimate of drug-likeness (QED) is 0.858. The first-order valence-corrected chi connectivity index (χ1v) is 8.71. The van der Waals surface area contributed by atoms with Gasteiger partial charge in [-0.25, -0.2) is 13.1 Å². The van der Waals surface area contributed by atoms with Crippen LogP contribution in [-0.2, 0) is 23.0 Å². The zero-order valence-corrected chi connectivity index (χ0v) is 12.9. The first kappa shape index (κ1) is 15.2. The highest BCUT2D eigenvalue weighted by molar-refractivity contribution is 7.89. The van der Waals surface area contributed by atoms with Gasteiger partial charge in [0.05, 0.1) is 4.90 Å². The van der Waals surface area contributed by atoms with E-state index in [2.05, 4.69) is 4.72 Å². The van der Waals surface area contributed by atoms with Crippen LogP contribution in [0.1, 0.15) is 17.4 Å². The maximum atomic E-state index is 12.2. The number of sulfonamides is 1. The lowest BCUT2D eigenvalue weighted by atomic mass is 10.1. The first-order valence-electron chi connectivity index (χ1n) is 6.35. The first-order chi connectivity index (χ1) is 9.51. The van der Waals surface area contributed by atoms with Crippen molar-refractivity contribution in [2.45, 2.75) is 30.8 Å². The molecular formula is C14H18N2O2S2. The Bertz CT molecular complexity index is 651. The van der Waals surface area contributed by atoms with Crippen molar-refractivity contribution in [2.24, 2.45) is 5.73 Å². The predicted octanol–water partition coefficient (Wildman–Crippen LogP) is 2.12. The van der Waals surface area contributed by atoms with E-state index < -0.39 is 10.0 Å². The van der Waals surface area contributed by atoms with Gasteiger partial charge in [-0.1, -0.05) is 30.3 Å². The van der Waals surface area contributed by atoms with Crippen LogP contribution in [-0.4, -0.2) is 14.5 Å². The molecule has 4 nitrogen and oxygen atoms in total. The molecule has 20 heavy (non-hydrogen) atoms. The minimum absolute atomic E-state index is 0.163. The van der Waals surface area contributed by atoms with E-state index in [0.29, 0.717) is 17.9 Å². The number of benzene rings is 1. The molecule has 1 heterocycles. The lowest BCUT2D eigenvalue weighted by Crippen LogP contribution is -2.33. The summed E-state index contributed by atoms with van der Waals surface area (Å²) in [6.07, 6.45) is 0.661. The van der Waals surface area contributed by atoms with E-state index in [9.17, 15) is 8.42 Å². The largest absolute Gasteiger partial charge is 0.326 e. The molecule has 0 aliphatic rings. The molecule has 0 aliphatic carbocycles. The van der Waals surface area contributed by atoms with Crippen LogP contribution >= 0.6 is 11.3 Å². The van der Waals surface area contributed by atoms with E-state index in [1.807, 2.05) is 37.3 Å². The fourth-order valence-corrected chi connectivity index (χ4v) is 4.35. The smallest absolute Gasteiger partial charge is 0.241 e. The molecule has 3 N–H and O–H groups in total. The highest BCUT2D eigenvalue weighted by Crippen LogP contribution is 2.19. The Hall–Kier alpha value is -1.21. The highest BCUT2D eigenvalue weighted by Gasteiger charge is 2.18. The molecule has 0 spiro atoms. The molecule has 0 fully saturated rings. The van der Waals surface area contributed by atoms with Crippen molar-refractivity contribution >= 4 is 21.4 Å². The second-order valence-electron chi connectivity index (χ2n) is 4.66. The molecule has 1 unspecified atom stereocenters. The van der Waals surface area contributed by atoms with Crippen LogP contribution in [0.5, 0.6) is 0 Å². The van der Waals surface area contributed by atoms with Gasteiger partial charge in [-0.2, -0.15) is 0 Å². The van der Waals surface area contributed by atoms with Gasteiger partial charge in [0.15, 0.2) is 0 Å². The summed E-state index contributed by atoms with van der Waals surface area (Å²) < 4.78 is 27.1. The van der Waals surface area contributed by atoms with Crippen LogP contribution in [0.15, 0.2) is 46.7 Å². The second-order valence-corrected chi connectivity index (χ2v) is 7.37. The molecular weight excluding hydrogens is 292 g/mol. The van der Waals surface area contributed by atoms with Crippen LogP contribution in [0, 0.1) is 0 Å². The van der Waals surface area contributed by atoms with E-state index in [1.165, 1.54) is 11.3 Å². The van der Waals surface area contributed by atoms with E-state index >= 15 is 0 Å². The van der Waals surface area contributed by atoms with Gasteiger partial charge >= 0.3 is 0 Å². The normalized spacial score (nSPS) is 13.3. The Labute approximate surface area is 123 Å². The van der Waals surface area contributed by atoms with Gasteiger partial charge in [-0.15, -0.1) is 11.3 Å². The Morgan fingerprint density at radius 1 is 1.30 bits per heavy atom. The van der Waals surface area contributed by atoms with Gasteiger partial charge in [0.2, 0.25) is 10.0 Å². The van der Waals surface area contributed by atoms with Crippen LogP contribution in [0.2, 0.25) is 0 Å². The van der Waals surface area contributed by atoms with Crippen LogP contribution in [0.25, 0.3) is 0 Å². The number of hydrogen-bond acceptors (Lipinski definition) is 4. The number of thiophene rings is 1. The van der Waals surface area contributed by atoms with Crippen molar-refractivity contribution < 1.29 is 8.42 Å². The molecule has 1 atom stereocenters. The van der Waals surface area contributed by atoms with Crippen LogP contribution in [0.4, 0.5) is 0 Å². The van der Waals surface area contributed by atoms with E-state index in [4.69, 9.17) is 5.73 Å². The topological polar surface area (TPSA) is 72.2 Å². The van der Waals surface area contributed by atoms with Crippen LogP contribution in [0.3, 0.4) is 0 Å². The third kappa shape index (κ3) is 3.89. The standard InChI is InChI=1S/C14H18N2O2S2/c1-11(7-12-5-3-2-4-6-12)16-20(17,18)14-8-13(9-15)19-10-14/h2-6,8,10-11,16H,7,9,15H2,1H3. The second kappa shape index (κ2) is 6.49. The lowest BCUT2D eigenvalue weighted by molar-refractivity contribution is 0.560. The molecule has 1 aromatic heterocycles. The molecule has 2 rings (SSSR count). The summed E-state index contributed by atoms with van der Waals surface area (Å²) in [5, 5.41) is 1.62. The highest BCUT2D eigenvalue weighted by atomic mass is 32.2. The van der Waals surface area contributed by atoms with E-state index in [-0.39, 0.29) is 6.04 Å². The zero-order valence-electron chi connectivity index (χ0n) is 11.2. The Morgan fingerprint density at radius 2 is 2.00 bits per heavy atom. The molecule has 1 aromatic carbocycles. The summed E-state index contributed by atoms with van der Waals surface area (Å²) in [5.41, 5.74) is 6.61. The van der Waals surface area contributed by atoms with Crippen molar-refractivity contribution in [2.75, 3.05) is 0 Å². The van der Waals surface area contributed by atoms with Gasteiger partial charge in [0.1, 0.15) is 0 Å². The summed E-state index contributed by atoms with van der Waals surface area (Å²) in [6, 6.07) is 11.3. The summed E-state index contributed by atoms with van der Waals surface area (Å²) >= 11 is 1.36. The van der Waals surface area contributed by atoms with Crippen molar-refractivity contribution in [3.63, 3.8) is 0 Å². The predicted molar refractivity (Wildman–Crippen MR) is 82.1 cm³/mol. The third-order valence-corrected chi connectivity index (χ3v) is 5.56. The minimum Gasteiger partial charge on any atom is -0.326 e. The molecule has 2 aromatic rings. The van der Waals surface area contributed by atoms with Crippen LogP contribution < -0.4 is 10.5 Å². The summed E-state index contributed by atoms with van der Waals surface area (Å²) in [5.74, 6) is 0. The number of rotatable bonds is 6. The third-order valence-electron chi connectivity index (χ3n) is 2.88. The zero-order chi connectivity index (χ0) is 14.6. The molecule has 0 bridgehead atoms. The average molecular weight is 310 g/mol. The SMILES string of the molecule is CC(Cc1ccccc1)NS(=O)(=O)c1csc(CN)c1. The molecule has 0 radical (unpaired) electrons. The fraction of sp³-hybridized carbons (Fsp3) is 0.286. The minimum atomic E-state index is -3.46. The Kier molecular flexibility index (Phi) is 4.93. The van der Waals surface area contributed by atoms with Gasteiger partial charge < -0.3 is 5.73 Å². The van der Waals surface area contributed by atoms with Gasteiger partial charge in [-0.05, 0) is 25.0 Å². The van der Waals surface area contributed by atoms with Gasteiger partial charge in [0.25, 0.3) is 0 Å². The summed E-state index contributed by atoms with van der Waals surface area (Å²) in [4.78, 5) is 1.16. The molecule has 108 valence electrons. The van der Waals surface area contributed by atoms with Crippen molar-refractivity contribution in [1.82, 2.24) is 4.72 Å². The summed E-state index contributed by atoms with van der Waals surface area (Å²) in [7, 11) is -3.46.